The minimum absolute atomic E-state index is 0.281. The second-order valence-electron chi connectivity index (χ2n) is 3.28. The molecule has 3 nitrogen and oxygen atoms in total. The largest absolute Gasteiger partial charge is 0.530 e. The van der Waals surface area contributed by atoms with Crippen LogP contribution >= 0.6 is 0 Å². The predicted molar refractivity (Wildman–Crippen MR) is 56.2 cm³/mol. The highest BCUT2D eigenvalue weighted by atomic mass is 16.4. The maximum absolute atomic E-state index is 10.3. The molecule has 15 heavy (non-hydrogen) atoms. The standard InChI is InChI=1S/C12H11NO2/c14-12(15)13-8-10-6-3-5-9-4-1-2-7-11(9)10/h1-7,13H,8H2,(H,14,15)/p-1. The Bertz CT molecular complexity index is 488. The Labute approximate surface area is 87.3 Å². The van der Waals surface area contributed by atoms with Gasteiger partial charge >= 0.3 is 0 Å². The molecule has 0 saturated carbocycles. The third kappa shape index (κ3) is 2.07. The Hall–Kier alpha value is -2.03. The summed E-state index contributed by atoms with van der Waals surface area (Å²) < 4.78 is 0. The Morgan fingerprint density at radius 1 is 1.13 bits per heavy atom. The van der Waals surface area contributed by atoms with Crippen molar-refractivity contribution in [1.82, 2.24) is 5.32 Å². The zero-order chi connectivity index (χ0) is 10.7. The van der Waals surface area contributed by atoms with Crippen LogP contribution in [0.1, 0.15) is 5.56 Å². The third-order valence-corrected chi connectivity index (χ3v) is 2.30. The Kier molecular flexibility index (Phi) is 2.54. The first kappa shape index (κ1) is 9.52. The molecule has 2 aromatic rings. The van der Waals surface area contributed by atoms with Crippen LogP contribution in [0.4, 0.5) is 4.79 Å². The lowest BCUT2D eigenvalue weighted by atomic mass is 10.0. The van der Waals surface area contributed by atoms with Crippen molar-refractivity contribution in [2.45, 2.75) is 6.54 Å². The van der Waals surface area contributed by atoms with Crippen LogP contribution in [0.2, 0.25) is 0 Å². The molecule has 0 aliphatic rings. The van der Waals surface area contributed by atoms with E-state index in [0.29, 0.717) is 0 Å². The smallest absolute Gasteiger partial charge is 0.134 e. The normalized spacial score (nSPS) is 10.1. The summed E-state index contributed by atoms with van der Waals surface area (Å²) in [5.74, 6) is 0. The molecule has 0 aliphatic heterocycles. The van der Waals surface area contributed by atoms with Crippen molar-refractivity contribution in [3.63, 3.8) is 0 Å². The van der Waals surface area contributed by atoms with Crippen molar-refractivity contribution in [3.8, 4) is 0 Å². The second kappa shape index (κ2) is 4.00. The van der Waals surface area contributed by atoms with Crippen LogP contribution < -0.4 is 10.4 Å². The lowest BCUT2D eigenvalue weighted by molar-refractivity contribution is -0.251. The second-order valence-corrected chi connectivity index (χ2v) is 3.28. The molecule has 0 radical (unpaired) electrons. The highest BCUT2D eigenvalue weighted by molar-refractivity contribution is 5.85. The van der Waals surface area contributed by atoms with Crippen LogP contribution in [0.25, 0.3) is 10.8 Å². The van der Waals surface area contributed by atoms with E-state index in [1.807, 2.05) is 42.5 Å². The minimum atomic E-state index is -1.25. The molecule has 0 atom stereocenters. The number of carboxylic acid groups (broad SMARTS) is 1. The summed E-state index contributed by atoms with van der Waals surface area (Å²) in [6.07, 6.45) is -1.25. The summed E-state index contributed by atoms with van der Waals surface area (Å²) in [7, 11) is 0. The Morgan fingerprint density at radius 2 is 1.87 bits per heavy atom. The van der Waals surface area contributed by atoms with E-state index < -0.39 is 6.09 Å². The number of benzene rings is 2. The van der Waals surface area contributed by atoms with Crippen LogP contribution in [0.5, 0.6) is 0 Å². The van der Waals surface area contributed by atoms with Crippen molar-refractivity contribution in [2.75, 3.05) is 0 Å². The Morgan fingerprint density at radius 3 is 2.67 bits per heavy atom. The molecule has 0 spiro atoms. The molecule has 0 aliphatic carbocycles. The highest BCUT2D eigenvalue weighted by Crippen LogP contribution is 2.17. The number of carbonyl (C=O) groups excluding carboxylic acids is 1. The number of amides is 1. The number of carbonyl (C=O) groups is 1. The fourth-order valence-electron chi connectivity index (χ4n) is 1.61. The summed E-state index contributed by atoms with van der Waals surface area (Å²) in [5, 5.41) is 14.7. The van der Waals surface area contributed by atoms with Gasteiger partial charge in [-0.25, -0.2) is 0 Å². The molecule has 3 heteroatoms. The average Bonchev–Trinajstić information content (AvgIpc) is 2.26. The molecular weight excluding hydrogens is 190 g/mol. The van der Waals surface area contributed by atoms with Gasteiger partial charge in [-0.3, -0.25) is 0 Å². The van der Waals surface area contributed by atoms with Crippen molar-refractivity contribution in [2.24, 2.45) is 0 Å². The first-order valence-corrected chi connectivity index (χ1v) is 4.69. The van der Waals surface area contributed by atoms with E-state index in [-0.39, 0.29) is 6.54 Å². The lowest BCUT2D eigenvalue weighted by Gasteiger charge is -2.09. The molecule has 1 amide bonds. The predicted octanol–water partition coefficient (Wildman–Crippen LogP) is 1.27. The molecule has 1 N–H and O–H groups in total. The molecule has 76 valence electrons. The topological polar surface area (TPSA) is 52.2 Å². The van der Waals surface area contributed by atoms with Gasteiger partial charge in [0, 0.05) is 6.54 Å². The molecule has 0 bridgehead atoms. The first-order valence-electron chi connectivity index (χ1n) is 4.69. The fourth-order valence-corrected chi connectivity index (χ4v) is 1.61. The van der Waals surface area contributed by atoms with Crippen molar-refractivity contribution in [3.05, 3.63) is 48.0 Å². The van der Waals surface area contributed by atoms with Crippen LogP contribution in [0, 0.1) is 0 Å². The van der Waals surface area contributed by atoms with E-state index in [4.69, 9.17) is 0 Å². The van der Waals surface area contributed by atoms with E-state index in [0.717, 1.165) is 16.3 Å². The van der Waals surface area contributed by atoms with Crippen LogP contribution in [-0.2, 0) is 6.54 Å². The fraction of sp³-hybridized carbons (Fsp3) is 0.0833. The quantitative estimate of drug-likeness (QED) is 0.793. The molecule has 0 aromatic heterocycles. The molecule has 2 rings (SSSR count). The SMILES string of the molecule is O=C([O-])NCc1cccc2ccccc12. The number of hydrogen-bond donors (Lipinski definition) is 1. The summed E-state index contributed by atoms with van der Waals surface area (Å²) in [6.45, 7) is 0.281. The zero-order valence-corrected chi connectivity index (χ0v) is 8.07. The first-order chi connectivity index (χ1) is 7.27. The number of nitrogens with one attached hydrogen (secondary N) is 1. The summed E-state index contributed by atoms with van der Waals surface area (Å²) >= 11 is 0. The van der Waals surface area contributed by atoms with Gasteiger partial charge in [-0.15, -0.1) is 0 Å². The third-order valence-electron chi connectivity index (χ3n) is 2.30. The summed E-state index contributed by atoms with van der Waals surface area (Å²) in [5.41, 5.74) is 0.956. The number of hydrogen-bond acceptors (Lipinski definition) is 2. The molecule has 0 heterocycles. The maximum atomic E-state index is 10.3. The van der Waals surface area contributed by atoms with Gasteiger partial charge in [0.25, 0.3) is 0 Å². The minimum Gasteiger partial charge on any atom is -0.530 e. The van der Waals surface area contributed by atoms with Crippen molar-refractivity contribution in [1.29, 1.82) is 0 Å². The van der Waals surface area contributed by atoms with Crippen molar-refractivity contribution < 1.29 is 9.90 Å². The molecule has 2 aromatic carbocycles. The maximum Gasteiger partial charge on any atom is 0.134 e. The molecule has 0 fully saturated rings. The summed E-state index contributed by atoms with van der Waals surface area (Å²) in [6, 6.07) is 13.7. The van der Waals surface area contributed by atoms with Crippen LogP contribution in [0.3, 0.4) is 0 Å². The van der Waals surface area contributed by atoms with Gasteiger partial charge in [0.15, 0.2) is 0 Å². The van der Waals surface area contributed by atoms with Crippen LogP contribution in [-0.4, -0.2) is 6.09 Å². The van der Waals surface area contributed by atoms with Gasteiger partial charge in [0.05, 0.1) is 0 Å². The van der Waals surface area contributed by atoms with Gasteiger partial charge < -0.3 is 15.2 Å². The molecular formula is C12H10NO2-. The highest BCUT2D eigenvalue weighted by Gasteiger charge is 1.98. The van der Waals surface area contributed by atoms with Crippen LogP contribution in [0.15, 0.2) is 42.5 Å². The molecule has 0 unspecified atom stereocenters. The van der Waals surface area contributed by atoms with Gasteiger partial charge in [0.1, 0.15) is 6.09 Å². The molecule has 0 saturated heterocycles. The van der Waals surface area contributed by atoms with Crippen molar-refractivity contribution >= 4 is 16.9 Å². The van der Waals surface area contributed by atoms with E-state index in [1.165, 1.54) is 0 Å². The van der Waals surface area contributed by atoms with Gasteiger partial charge in [-0.05, 0) is 16.3 Å². The lowest BCUT2D eigenvalue weighted by Crippen LogP contribution is -2.35. The van der Waals surface area contributed by atoms with Gasteiger partial charge in [-0.1, -0.05) is 42.5 Å². The zero-order valence-electron chi connectivity index (χ0n) is 8.07. The van der Waals surface area contributed by atoms with E-state index in [2.05, 4.69) is 5.32 Å². The Balaban J connectivity index is 2.38. The van der Waals surface area contributed by atoms with Gasteiger partial charge in [-0.2, -0.15) is 0 Å². The summed E-state index contributed by atoms with van der Waals surface area (Å²) in [4.78, 5) is 10.3. The monoisotopic (exact) mass is 200 g/mol. The van der Waals surface area contributed by atoms with E-state index in [1.54, 1.807) is 0 Å². The number of rotatable bonds is 2. The van der Waals surface area contributed by atoms with Gasteiger partial charge in [0.2, 0.25) is 0 Å². The van der Waals surface area contributed by atoms with E-state index >= 15 is 0 Å². The van der Waals surface area contributed by atoms with E-state index in [9.17, 15) is 9.90 Å². The average molecular weight is 200 g/mol. The number of fused-ring (bicyclic) bond motifs is 1.